The van der Waals surface area contributed by atoms with Crippen LogP contribution in [0.15, 0.2) is 24.3 Å². The van der Waals surface area contributed by atoms with E-state index in [1.807, 2.05) is 6.08 Å². The monoisotopic (exact) mass is 888 g/mol. The Morgan fingerprint density at radius 1 is 0.429 bits per heavy atom. The normalized spacial score (nSPS) is 12.8. The molecule has 372 valence electrons. The molecule has 6 heteroatoms. The van der Waals surface area contributed by atoms with Crippen molar-refractivity contribution in [2.24, 2.45) is 0 Å². The van der Waals surface area contributed by atoms with E-state index in [1.165, 1.54) is 212 Å². The number of hydrogen-bond acceptors (Lipinski definition) is 5. The van der Waals surface area contributed by atoms with Crippen molar-refractivity contribution < 1.29 is 24.5 Å². The highest BCUT2D eigenvalue weighted by molar-refractivity contribution is 5.76. The van der Waals surface area contributed by atoms with Crippen molar-refractivity contribution in [3.63, 3.8) is 0 Å². The van der Waals surface area contributed by atoms with Crippen LogP contribution in [0, 0.1) is 0 Å². The fraction of sp³-hybridized carbons (Fsp3) is 0.895. The van der Waals surface area contributed by atoms with Gasteiger partial charge in [0.15, 0.2) is 0 Å². The molecule has 0 aliphatic carbocycles. The van der Waals surface area contributed by atoms with E-state index in [0.717, 1.165) is 64.2 Å². The van der Waals surface area contributed by atoms with E-state index >= 15 is 0 Å². The Labute approximate surface area is 392 Å². The number of ether oxygens (including phenoxy) is 1. The van der Waals surface area contributed by atoms with Gasteiger partial charge < -0.3 is 20.3 Å². The second-order valence-corrected chi connectivity index (χ2v) is 19.3. The van der Waals surface area contributed by atoms with Crippen molar-refractivity contribution in [1.82, 2.24) is 5.32 Å². The Morgan fingerprint density at radius 2 is 0.746 bits per heavy atom. The average molecular weight is 889 g/mol. The molecule has 0 rings (SSSR count). The van der Waals surface area contributed by atoms with Gasteiger partial charge in [0.1, 0.15) is 0 Å². The van der Waals surface area contributed by atoms with E-state index in [0.29, 0.717) is 19.4 Å². The number of hydrogen-bond donors (Lipinski definition) is 3. The van der Waals surface area contributed by atoms with Gasteiger partial charge in [-0.25, -0.2) is 0 Å². The molecular formula is C57H109NO5. The lowest BCUT2D eigenvalue weighted by Gasteiger charge is -2.20. The molecule has 0 bridgehead atoms. The topological polar surface area (TPSA) is 95.9 Å². The SMILES string of the molecule is CCCCCCCCCCC/C=C/C(O)C(CO)NC(=O)CCCCCCC/C=C\CCCCCCCCCOC(=O)CCCCCCCCCCCCCCCCCCCCC. The molecule has 63 heavy (non-hydrogen) atoms. The standard InChI is InChI=1S/C57H109NO5/c1-3-5-7-9-11-13-15-16-17-18-19-20-24-27-31-35-39-43-47-51-57(62)63-52-48-44-40-36-32-28-25-22-21-23-26-30-34-38-42-46-50-56(61)58-54(53-59)55(60)49-45-41-37-33-29-14-12-10-8-6-4-2/h21,23,45,49,54-55,59-60H,3-20,22,24-44,46-48,50-53H2,1-2H3,(H,58,61)/b23-21-,49-45+. The summed E-state index contributed by atoms with van der Waals surface area (Å²) in [5.74, 6) is -0.0853. The van der Waals surface area contributed by atoms with Crippen LogP contribution in [0.5, 0.6) is 0 Å². The molecule has 0 aliphatic heterocycles. The molecule has 0 aromatic heterocycles. The molecule has 0 heterocycles. The maximum Gasteiger partial charge on any atom is 0.305 e. The van der Waals surface area contributed by atoms with Gasteiger partial charge in [-0.15, -0.1) is 0 Å². The fourth-order valence-electron chi connectivity index (χ4n) is 8.63. The summed E-state index contributed by atoms with van der Waals surface area (Å²) in [6.45, 7) is 4.88. The maximum atomic E-state index is 12.4. The van der Waals surface area contributed by atoms with E-state index in [9.17, 15) is 19.8 Å². The quantitative estimate of drug-likeness (QED) is 0.0321. The number of carbonyl (C=O) groups excluding carboxylic acids is 2. The van der Waals surface area contributed by atoms with Crippen molar-refractivity contribution in [1.29, 1.82) is 0 Å². The third kappa shape index (κ3) is 49.6. The first-order valence-corrected chi connectivity index (χ1v) is 28.1. The summed E-state index contributed by atoms with van der Waals surface area (Å²) < 4.78 is 5.48. The predicted octanol–water partition coefficient (Wildman–Crippen LogP) is 17.1. The minimum Gasteiger partial charge on any atom is -0.466 e. The van der Waals surface area contributed by atoms with Crippen LogP contribution in [0.3, 0.4) is 0 Å². The third-order valence-electron chi connectivity index (χ3n) is 13.0. The van der Waals surface area contributed by atoms with E-state index < -0.39 is 12.1 Å². The zero-order valence-corrected chi connectivity index (χ0v) is 42.3. The van der Waals surface area contributed by atoms with Gasteiger partial charge in [0, 0.05) is 12.8 Å². The Balaban J connectivity index is 3.43. The van der Waals surface area contributed by atoms with Crippen LogP contribution >= 0.6 is 0 Å². The number of amides is 1. The van der Waals surface area contributed by atoms with E-state index in [1.54, 1.807) is 6.08 Å². The lowest BCUT2D eigenvalue weighted by molar-refractivity contribution is -0.143. The first kappa shape index (κ1) is 61.3. The molecule has 0 aromatic carbocycles. The van der Waals surface area contributed by atoms with Gasteiger partial charge in [-0.2, -0.15) is 0 Å². The van der Waals surface area contributed by atoms with Crippen LogP contribution in [0.25, 0.3) is 0 Å². The van der Waals surface area contributed by atoms with Crippen LogP contribution in [-0.4, -0.2) is 47.4 Å². The molecule has 0 spiro atoms. The van der Waals surface area contributed by atoms with Crippen molar-refractivity contribution >= 4 is 11.9 Å². The summed E-state index contributed by atoms with van der Waals surface area (Å²) >= 11 is 0. The minimum atomic E-state index is -0.853. The molecule has 2 unspecified atom stereocenters. The average Bonchev–Trinajstić information content (AvgIpc) is 3.28. The summed E-state index contributed by atoms with van der Waals surface area (Å²) in [5, 5.41) is 23.0. The zero-order chi connectivity index (χ0) is 45.8. The largest absolute Gasteiger partial charge is 0.466 e. The highest BCUT2D eigenvalue weighted by Crippen LogP contribution is 2.16. The number of unbranched alkanes of at least 4 members (excludes halogenated alkanes) is 39. The van der Waals surface area contributed by atoms with Crippen LogP contribution in [0.1, 0.15) is 303 Å². The number of nitrogens with one attached hydrogen (secondary N) is 1. The van der Waals surface area contributed by atoms with E-state index in [4.69, 9.17) is 4.74 Å². The van der Waals surface area contributed by atoms with Gasteiger partial charge in [0.25, 0.3) is 0 Å². The van der Waals surface area contributed by atoms with Crippen LogP contribution in [0.4, 0.5) is 0 Å². The van der Waals surface area contributed by atoms with Crippen LogP contribution < -0.4 is 5.32 Å². The van der Waals surface area contributed by atoms with Crippen molar-refractivity contribution in [3.8, 4) is 0 Å². The van der Waals surface area contributed by atoms with Gasteiger partial charge in [0.05, 0.1) is 25.4 Å². The molecule has 0 saturated carbocycles. The molecule has 3 N–H and O–H groups in total. The molecular weight excluding hydrogens is 779 g/mol. The van der Waals surface area contributed by atoms with Gasteiger partial charge in [-0.3, -0.25) is 9.59 Å². The lowest BCUT2D eigenvalue weighted by atomic mass is 10.0. The van der Waals surface area contributed by atoms with Crippen LogP contribution in [0.2, 0.25) is 0 Å². The van der Waals surface area contributed by atoms with Crippen molar-refractivity contribution in [3.05, 3.63) is 24.3 Å². The number of allylic oxidation sites excluding steroid dienone is 3. The first-order valence-electron chi connectivity index (χ1n) is 28.1. The van der Waals surface area contributed by atoms with Gasteiger partial charge >= 0.3 is 5.97 Å². The summed E-state index contributed by atoms with van der Waals surface area (Å²) in [6, 6.07) is -0.638. The minimum absolute atomic E-state index is 0.000656. The first-order chi connectivity index (χ1) is 31.0. The molecule has 0 radical (unpaired) electrons. The number of carbonyl (C=O) groups is 2. The lowest BCUT2D eigenvalue weighted by Crippen LogP contribution is -2.45. The number of esters is 1. The second kappa shape index (κ2) is 53.0. The van der Waals surface area contributed by atoms with E-state index in [2.05, 4.69) is 31.3 Å². The maximum absolute atomic E-state index is 12.4. The Kier molecular flexibility index (Phi) is 51.6. The second-order valence-electron chi connectivity index (χ2n) is 19.3. The predicted molar refractivity (Wildman–Crippen MR) is 273 cm³/mol. The number of aliphatic hydroxyl groups excluding tert-OH is 2. The molecule has 0 fully saturated rings. The Hall–Kier alpha value is -1.66. The van der Waals surface area contributed by atoms with Gasteiger partial charge in [-0.05, 0) is 57.8 Å². The zero-order valence-electron chi connectivity index (χ0n) is 42.3. The third-order valence-corrected chi connectivity index (χ3v) is 13.0. The Morgan fingerprint density at radius 3 is 1.13 bits per heavy atom. The molecule has 2 atom stereocenters. The molecule has 0 aliphatic rings. The summed E-state index contributed by atoms with van der Waals surface area (Å²) in [6.07, 6.45) is 63.4. The smallest absolute Gasteiger partial charge is 0.305 e. The molecule has 0 aromatic rings. The fourth-order valence-corrected chi connectivity index (χ4v) is 8.63. The van der Waals surface area contributed by atoms with Crippen molar-refractivity contribution in [2.45, 2.75) is 315 Å². The van der Waals surface area contributed by atoms with Crippen molar-refractivity contribution in [2.75, 3.05) is 13.2 Å². The van der Waals surface area contributed by atoms with Crippen LogP contribution in [-0.2, 0) is 14.3 Å². The van der Waals surface area contributed by atoms with Gasteiger partial charge in [-0.1, -0.05) is 256 Å². The van der Waals surface area contributed by atoms with Gasteiger partial charge in [0.2, 0.25) is 5.91 Å². The highest BCUT2D eigenvalue weighted by atomic mass is 16.5. The summed E-state index contributed by atoms with van der Waals surface area (Å²) in [7, 11) is 0. The molecule has 0 saturated heterocycles. The summed E-state index contributed by atoms with van der Waals surface area (Å²) in [4.78, 5) is 24.5. The number of rotatable bonds is 52. The highest BCUT2D eigenvalue weighted by Gasteiger charge is 2.18. The summed E-state index contributed by atoms with van der Waals surface area (Å²) in [5.41, 5.74) is 0. The van der Waals surface area contributed by atoms with E-state index in [-0.39, 0.29) is 18.5 Å². The Bertz CT molecular complexity index is 982. The molecule has 6 nitrogen and oxygen atoms in total. The number of aliphatic hydroxyl groups is 2. The molecule has 1 amide bonds.